The lowest BCUT2D eigenvalue weighted by Gasteiger charge is -2.15. The molecule has 0 amide bonds. The van der Waals surface area contributed by atoms with Gasteiger partial charge in [-0.2, -0.15) is 0 Å². The van der Waals surface area contributed by atoms with Crippen molar-refractivity contribution in [1.29, 1.82) is 0 Å². The van der Waals surface area contributed by atoms with E-state index in [1.54, 1.807) is 4.57 Å². The molecule has 0 saturated heterocycles. The molecule has 0 unspecified atom stereocenters. The molecule has 0 aliphatic rings. The van der Waals surface area contributed by atoms with Crippen LogP contribution in [0.1, 0.15) is 6.85 Å². The predicted molar refractivity (Wildman–Crippen MR) is 225 cm³/mol. The van der Waals surface area contributed by atoms with Crippen LogP contribution in [0.15, 0.2) is 200 Å². The summed E-state index contributed by atoms with van der Waals surface area (Å²) in [6, 6.07) is 57.5. The first-order valence-electron chi connectivity index (χ1n) is 20.3. The van der Waals surface area contributed by atoms with Crippen LogP contribution in [0.2, 0.25) is 0 Å². The van der Waals surface area contributed by atoms with Crippen LogP contribution in [0.25, 0.3) is 93.3 Å². The van der Waals surface area contributed by atoms with Gasteiger partial charge in [-0.05, 0) is 129 Å². The number of fused-ring (bicyclic) bond motifs is 10. The van der Waals surface area contributed by atoms with Gasteiger partial charge in [0.15, 0.2) is 0 Å². The van der Waals surface area contributed by atoms with Gasteiger partial charge >= 0.3 is 0 Å². The average molecular weight is 681 g/mol. The summed E-state index contributed by atoms with van der Waals surface area (Å²) in [5.74, 6) is 0. The normalized spacial score (nSPS) is 13.1. The van der Waals surface area contributed by atoms with Crippen molar-refractivity contribution in [2.24, 2.45) is 0 Å². The maximum atomic E-state index is 9.03. The van der Waals surface area contributed by atoms with Gasteiger partial charge in [0, 0.05) is 49.9 Å². The third-order valence-electron chi connectivity index (χ3n) is 10.5. The van der Waals surface area contributed by atoms with Crippen LogP contribution in [-0.2, 0) is 0 Å². The highest BCUT2D eigenvalue weighted by Crippen LogP contribution is 2.35. The summed E-state index contributed by atoms with van der Waals surface area (Å²) in [5, 5.41) is 8.34. The Kier molecular flexibility index (Phi) is 5.52. The van der Waals surface area contributed by atoms with Gasteiger partial charge in [0.05, 0.1) is 17.9 Å². The summed E-state index contributed by atoms with van der Waals surface area (Å²) in [7, 11) is 0. The molecule has 0 saturated carbocycles. The van der Waals surface area contributed by atoms with Crippen molar-refractivity contribution in [1.82, 2.24) is 13.7 Å². The van der Waals surface area contributed by atoms with Gasteiger partial charge in [-0.25, -0.2) is 0 Å². The van der Waals surface area contributed by atoms with Crippen LogP contribution in [-0.4, -0.2) is 13.7 Å². The van der Waals surface area contributed by atoms with Crippen molar-refractivity contribution in [2.45, 2.75) is 0 Å². The van der Waals surface area contributed by atoms with Gasteiger partial charge in [0.25, 0.3) is 0 Å². The van der Waals surface area contributed by atoms with Crippen LogP contribution in [0.3, 0.4) is 0 Å². The molecule has 0 aliphatic heterocycles. The molecule has 53 heavy (non-hydrogen) atoms. The zero-order chi connectivity index (χ0) is 39.2. The molecular weight excluding hydrogens is 643 g/mol. The Labute approximate surface area is 313 Å². The van der Waals surface area contributed by atoms with E-state index < -0.39 is 6.04 Å². The fourth-order valence-electron chi connectivity index (χ4n) is 8.12. The van der Waals surface area contributed by atoms with Crippen LogP contribution in [0.4, 0.5) is 0 Å². The number of para-hydroxylation sites is 3. The summed E-state index contributed by atoms with van der Waals surface area (Å²) in [6.07, 6.45) is 0. The van der Waals surface area contributed by atoms with E-state index in [9.17, 15) is 0 Å². The summed E-state index contributed by atoms with van der Waals surface area (Å²) in [4.78, 5) is 0. The molecule has 9 aromatic carbocycles. The van der Waals surface area contributed by atoms with Crippen molar-refractivity contribution in [3.05, 3.63) is 200 Å². The van der Waals surface area contributed by atoms with Crippen LogP contribution in [0.5, 0.6) is 0 Å². The van der Waals surface area contributed by atoms with E-state index in [1.807, 2.05) is 42.5 Å². The highest BCUT2D eigenvalue weighted by Gasteiger charge is 2.14. The second-order valence-electron chi connectivity index (χ2n) is 13.5. The highest BCUT2D eigenvalue weighted by atomic mass is 15.0. The topological polar surface area (TPSA) is 14.8 Å². The standard InChI is InChI=1S/C50H33N3/c1-3-13-38(14-4-1)51-40-17-9-11-36(29-40)37-12-10-18-41(30-37)52(43-26-24-35-22-21-34-23-25-42(51)31-46(34)47(35)32-43)44-27-28-50-48(33-44)45-19-7-8-20-49(45)53(50)39-15-5-2-6-16-39/h1-33H/i1D,3D,4D,13D,14D. The second kappa shape index (κ2) is 11.7. The summed E-state index contributed by atoms with van der Waals surface area (Å²) in [5.41, 5.74) is 7.84. The second-order valence-corrected chi connectivity index (χ2v) is 13.5. The molecule has 248 valence electrons. The van der Waals surface area contributed by atoms with E-state index in [-0.39, 0.29) is 29.9 Å². The first-order valence-corrected chi connectivity index (χ1v) is 17.8. The minimum Gasteiger partial charge on any atom is -0.310 e. The molecule has 0 atom stereocenters. The van der Waals surface area contributed by atoms with Gasteiger partial charge in [0.1, 0.15) is 0 Å². The SMILES string of the molecule is [2H]c1c([2H])c([2H])c(-n2c3cccc(c3)c3cccc(c3)n(-c3ccc4c(c3)c3ccccc3n4-c3ccccc3)c3ccc4ccc5ccc2cc5c4c3)c([2H])c1[2H]. The smallest absolute Gasteiger partial charge is 0.0645 e. The van der Waals surface area contributed by atoms with Gasteiger partial charge < -0.3 is 13.7 Å². The van der Waals surface area contributed by atoms with Crippen molar-refractivity contribution < 1.29 is 6.85 Å². The maximum Gasteiger partial charge on any atom is 0.0645 e. The zero-order valence-electron chi connectivity index (χ0n) is 33.5. The number of nitrogens with zero attached hydrogens (tertiary/aromatic N) is 3. The Balaban J connectivity index is 1.30. The first-order chi connectivity index (χ1) is 28.3. The predicted octanol–water partition coefficient (Wildman–Crippen LogP) is 13.3. The van der Waals surface area contributed by atoms with Crippen molar-refractivity contribution in [3.63, 3.8) is 0 Å². The minimum atomic E-state index is -0.422. The van der Waals surface area contributed by atoms with E-state index in [1.165, 1.54) is 5.39 Å². The number of benzene rings is 9. The summed E-state index contributed by atoms with van der Waals surface area (Å²) < 4.78 is 50.0. The number of hydrogen-bond donors (Lipinski definition) is 0. The molecule has 0 aliphatic carbocycles. The van der Waals surface area contributed by atoms with Crippen molar-refractivity contribution >= 4 is 76.2 Å². The van der Waals surface area contributed by atoms with Crippen LogP contribution >= 0.6 is 0 Å². The molecule has 0 fully saturated rings. The van der Waals surface area contributed by atoms with Crippen LogP contribution in [0, 0.1) is 0 Å². The monoisotopic (exact) mass is 680 g/mol. The lowest BCUT2D eigenvalue weighted by Crippen LogP contribution is -1.98. The van der Waals surface area contributed by atoms with Crippen LogP contribution < -0.4 is 0 Å². The summed E-state index contributed by atoms with van der Waals surface area (Å²) in [6.45, 7) is 0. The van der Waals surface area contributed by atoms with E-state index in [4.69, 9.17) is 6.85 Å². The molecule has 11 aromatic rings. The van der Waals surface area contributed by atoms with Crippen molar-refractivity contribution in [3.8, 4) is 17.1 Å². The third-order valence-corrected chi connectivity index (χ3v) is 10.5. The van der Waals surface area contributed by atoms with Gasteiger partial charge in [0.2, 0.25) is 0 Å². The highest BCUT2D eigenvalue weighted by molar-refractivity contribution is 6.11. The van der Waals surface area contributed by atoms with E-state index in [0.717, 1.165) is 71.1 Å². The van der Waals surface area contributed by atoms with Crippen molar-refractivity contribution in [2.75, 3.05) is 0 Å². The van der Waals surface area contributed by atoms with Gasteiger partial charge in [-0.1, -0.05) is 103 Å². The van der Waals surface area contributed by atoms with Gasteiger partial charge in [-0.15, -0.1) is 0 Å². The fourth-order valence-corrected chi connectivity index (χ4v) is 8.12. The lowest BCUT2D eigenvalue weighted by atomic mass is 10.0. The molecule has 3 heteroatoms. The molecular formula is C50H33N3. The van der Waals surface area contributed by atoms with Gasteiger partial charge in [-0.3, -0.25) is 0 Å². The Morgan fingerprint density at radius 3 is 1.55 bits per heavy atom. The fraction of sp³-hybridized carbons (Fsp3) is 0. The Morgan fingerprint density at radius 1 is 0.302 bits per heavy atom. The Morgan fingerprint density at radius 2 is 0.868 bits per heavy atom. The molecule has 0 radical (unpaired) electrons. The molecule has 8 bridgehead atoms. The molecule has 11 rings (SSSR count). The lowest BCUT2D eigenvalue weighted by molar-refractivity contribution is 1.15. The number of aromatic nitrogens is 3. The minimum absolute atomic E-state index is 0.0967. The summed E-state index contributed by atoms with van der Waals surface area (Å²) >= 11 is 0. The number of hydrogen-bond acceptors (Lipinski definition) is 0. The maximum absolute atomic E-state index is 9.03. The largest absolute Gasteiger partial charge is 0.310 e. The third kappa shape index (κ3) is 4.75. The molecule has 2 heterocycles. The average Bonchev–Trinajstić information content (AvgIpc) is 3.60. The molecule has 2 aromatic heterocycles. The van der Waals surface area contributed by atoms with E-state index in [0.29, 0.717) is 11.0 Å². The zero-order valence-corrected chi connectivity index (χ0v) is 28.5. The molecule has 0 spiro atoms. The Bertz CT molecular complexity index is 3550. The first kappa shape index (κ1) is 25.0. The quantitative estimate of drug-likeness (QED) is 0.165. The number of rotatable bonds is 3. The molecule has 3 nitrogen and oxygen atoms in total. The Hall–Kier alpha value is -7.10. The van der Waals surface area contributed by atoms with E-state index in [2.05, 4.69) is 137 Å². The molecule has 0 N–H and O–H groups in total. The van der Waals surface area contributed by atoms with E-state index >= 15 is 0 Å².